The number of anilines is 1. The van der Waals surface area contributed by atoms with Crippen molar-refractivity contribution >= 4 is 38.2 Å². The molecule has 0 atom stereocenters. The van der Waals surface area contributed by atoms with Crippen LogP contribution in [0.2, 0.25) is 5.02 Å². The monoisotopic (exact) mass is 435 g/mol. The number of fused-ring (bicyclic) bond motifs is 1. The van der Waals surface area contributed by atoms with E-state index in [1.807, 2.05) is 21.0 Å². The normalized spacial score (nSPS) is 11.9. The van der Waals surface area contributed by atoms with Gasteiger partial charge in [0.15, 0.2) is 0 Å². The van der Waals surface area contributed by atoms with Gasteiger partial charge in [-0.15, -0.1) is 0 Å². The molecular formula is C21H26ClN3O3S. The predicted molar refractivity (Wildman–Crippen MR) is 119 cm³/mol. The summed E-state index contributed by atoms with van der Waals surface area (Å²) in [5.74, 6) is 0.606. The largest absolute Gasteiger partial charge is 0.495 e. The Kier molecular flexibility index (Phi) is 6.41. The summed E-state index contributed by atoms with van der Waals surface area (Å²) in [7, 11) is 1.83. The van der Waals surface area contributed by atoms with Gasteiger partial charge in [-0.1, -0.05) is 11.6 Å². The molecule has 0 bridgehead atoms. The number of nitrogens with zero attached hydrogens (tertiary/aromatic N) is 2. The number of hydrogen-bond donors (Lipinski definition) is 1. The molecule has 0 radical (unpaired) electrons. The van der Waals surface area contributed by atoms with Crippen LogP contribution in [-0.4, -0.2) is 51.6 Å². The van der Waals surface area contributed by atoms with Crippen LogP contribution in [0, 0.1) is 6.92 Å². The van der Waals surface area contributed by atoms with Crippen LogP contribution in [0.15, 0.2) is 47.5 Å². The third-order valence-electron chi connectivity index (χ3n) is 4.76. The molecule has 2 aromatic carbocycles. The molecule has 0 aliphatic rings. The van der Waals surface area contributed by atoms with E-state index in [0.717, 1.165) is 23.9 Å². The first-order valence-corrected chi connectivity index (χ1v) is 11.2. The maximum absolute atomic E-state index is 13.4. The highest BCUT2D eigenvalue weighted by atomic mass is 35.5. The molecule has 1 N–H and O–H groups in total. The van der Waals surface area contributed by atoms with Crippen molar-refractivity contribution in [1.82, 2.24) is 8.87 Å². The van der Waals surface area contributed by atoms with Crippen LogP contribution >= 0.6 is 11.6 Å². The summed E-state index contributed by atoms with van der Waals surface area (Å²) < 4.78 is 33.5. The van der Waals surface area contributed by atoms with Gasteiger partial charge in [-0.2, -0.15) is 0 Å². The number of rotatable bonds is 8. The summed E-state index contributed by atoms with van der Waals surface area (Å²) in [5.41, 5.74) is 2.10. The van der Waals surface area contributed by atoms with Gasteiger partial charge in [0.25, 0.3) is 10.0 Å². The summed E-state index contributed by atoms with van der Waals surface area (Å²) in [6.45, 7) is 3.52. The minimum absolute atomic E-state index is 0.195. The Hall–Kier alpha value is -2.22. The van der Waals surface area contributed by atoms with Gasteiger partial charge in [0, 0.05) is 23.2 Å². The SMILES string of the molecule is COc1ccc(S(=O)(=O)n2cc(C)c3cc(Cl)ccc32)cc1NCCCN(C)C. The van der Waals surface area contributed by atoms with Gasteiger partial charge in [-0.3, -0.25) is 0 Å². The molecular weight excluding hydrogens is 410 g/mol. The number of halogens is 1. The first-order chi connectivity index (χ1) is 13.7. The Morgan fingerprint density at radius 3 is 2.62 bits per heavy atom. The summed E-state index contributed by atoms with van der Waals surface area (Å²) in [5, 5.41) is 4.68. The fraction of sp³-hybridized carbons (Fsp3) is 0.333. The van der Waals surface area contributed by atoms with Crippen LogP contribution < -0.4 is 10.1 Å². The standard InChI is InChI=1S/C21H26ClN3O3S/c1-15-14-25(20-8-6-16(22)12-18(15)20)29(26,27)17-7-9-21(28-4)19(13-17)23-10-5-11-24(2)3/h6-9,12-14,23H,5,10-11H2,1-4H3. The van der Waals surface area contributed by atoms with Gasteiger partial charge in [-0.05, 0) is 75.9 Å². The van der Waals surface area contributed by atoms with Crippen molar-refractivity contribution < 1.29 is 13.2 Å². The Morgan fingerprint density at radius 1 is 1.17 bits per heavy atom. The highest BCUT2D eigenvalue weighted by Gasteiger charge is 2.22. The number of aryl methyl sites for hydroxylation is 1. The molecule has 6 nitrogen and oxygen atoms in total. The Balaban J connectivity index is 1.98. The van der Waals surface area contributed by atoms with E-state index in [1.54, 1.807) is 49.7 Å². The van der Waals surface area contributed by atoms with Gasteiger partial charge >= 0.3 is 0 Å². The first kappa shape index (κ1) is 21.5. The maximum Gasteiger partial charge on any atom is 0.268 e. The Labute approximate surface area is 177 Å². The zero-order valence-corrected chi connectivity index (χ0v) is 18.6. The van der Waals surface area contributed by atoms with Gasteiger partial charge in [0.05, 0.1) is 23.2 Å². The zero-order valence-electron chi connectivity index (χ0n) is 17.1. The third kappa shape index (κ3) is 4.52. The molecule has 1 aromatic heterocycles. The topological polar surface area (TPSA) is 63.6 Å². The van der Waals surface area contributed by atoms with Crippen LogP contribution in [0.4, 0.5) is 5.69 Å². The molecule has 0 amide bonds. The van der Waals surface area contributed by atoms with E-state index in [4.69, 9.17) is 16.3 Å². The predicted octanol–water partition coefficient (Wildman–Crippen LogP) is 4.21. The Morgan fingerprint density at radius 2 is 1.93 bits per heavy atom. The van der Waals surface area contributed by atoms with Crippen molar-refractivity contribution in [3.63, 3.8) is 0 Å². The number of hydrogen-bond acceptors (Lipinski definition) is 5. The maximum atomic E-state index is 13.4. The summed E-state index contributed by atoms with van der Waals surface area (Å²) in [6, 6.07) is 10.1. The van der Waals surface area contributed by atoms with E-state index in [1.165, 1.54) is 3.97 Å². The molecule has 0 aliphatic carbocycles. The average Bonchev–Trinajstić information content (AvgIpc) is 3.01. The minimum Gasteiger partial charge on any atom is -0.495 e. The fourth-order valence-electron chi connectivity index (χ4n) is 3.25. The second-order valence-electron chi connectivity index (χ2n) is 7.22. The minimum atomic E-state index is -3.78. The van der Waals surface area contributed by atoms with E-state index in [9.17, 15) is 8.42 Å². The van der Waals surface area contributed by atoms with Crippen molar-refractivity contribution in [3.05, 3.63) is 53.2 Å². The van der Waals surface area contributed by atoms with E-state index in [2.05, 4.69) is 10.2 Å². The van der Waals surface area contributed by atoms with Crippen molar-refractivity contribution in [2.45, 2.75) is 18.2 Å². The molecule has 0 aliphatic heterocycles. The van der Waals surface area contributed by atoms with Crippen LogP contribution in [-0.2, 0) is 10.0 Å². The van der Waals surface area contributed by atoms with Crippen LogP contribution in [0.3, 0.4) is 0 Å². The lowest BCUT2D eigenvalue weighted by atomic mass is 10.2. The summed E-state index contributed by atoms with van der Waals surface area (Å²) in [4.78, 5) is 2.30. The number of methoxy groups -OCH3 is 1. The molecule has 0 spiro atoms. The lowest BCUT2D eigenvalue weighted by Crippen LogP contribution is -2.17. The van der Waals surface area contributed by atoms with Crippen molar-refractivity contribution in [3.8, 4) is 5.75 Å². The van der Waals surface area contributed by atoms with Gasteiger partial charge in [-0.25, -0.2) is 12.4 Å². The van der Waals surface area contributed by atoms with Crippen LogP contribution in [0.1, 0.15) is 12.0 Å². The number of aromatic nitrogens is 1. The van der Waals surface area contributed by atoms with E-state index < -0.39 is 10.0 Å². The van der Waals surface area contributed by atoms with Gasteiger partial charge in [0.2, 0.25) is 0 Å². The van der Waals surface area contributed by atoms with Crippen molar-refractivity contribution in [1.29, 1.82) is 0 Å². The zero-order chi connectivity index (χ0) is 21.2. The third-order valence-corrected chi connectivity index (χ3v) is 6.66. The van der Waals surface area contributed by atoms with Gasteiger partial charge < -0.3 is 15.0 Å². The van der Waals surface area contributed by atoms with E-state index >= 15 is 0 Å². The van der Waals surface area contributed by atoms with Crippen molar-refractivity contribution in [2.75, 3.05) is 39.6 Å². The summed E-state index contributed by atoms with van der Waals surface area (Å²) in [6.07, 6.45) is 2.56. The number of nitrogens with one attached hydrogen (secondary N) is 1. The molecule has 8 heteroatoms. The highest BCUT2D eigenvalue weighted by molar-refractivity contribution is 7.90. The molecule has 1 heterocycles. The Bertz CT molecular complexity index is 1120. The molecule has 29 heavy (non-hydrogen) atoms. The smallest absolute Gasteiger partial charge is 0.268 e. The highest BCUT2D eigenvalue weighted by Crippen LogP contribution is 2.31. The molecule has 156 valence electrons. The van der Waals surface area contributed by atoms with E-state index in [0.29, 0.717) is 28.5 Å². The summed E-state index contributed by atoms with van der Waals surface area (Å²) >= 11 is 6.08. The molecule has 0 saturated carbocycles. The lowest BCUT2D eigenvalue weighted by Gasteiger charge is -2.15. The molecule has 0 unspecified atom stereocenters. The second kappa shape index (κ2) is 8.65. The van der Waals surface area contributed by atoms with E-state index in [-0.39, 0.29) is 4.90 Å². The molecule has 3 rings (SSSR count). The average molecular weight is 436 g/mol. The van der Waals surface area contributed by atoms with Crippen LogP contribution in [0.5, 0.6) is 5.75 Å². The second-order valence-corrected chi connectivity index (χ2v) is 9.47. The van der Waals surface area contributed by atoms with Gasteiger partial charge in [0.1, 0.15) is 5.75 Å². The number of benzene rings is 2. The van der Waals surface area contributed by atoms with Crippen LogP contribution in [0.25, 0.3) is 10.9 Å². The number of ether oxygens (including phenoxy) is 1. The van der Waals surface area contributed by atoms with Crippen molar-refractivity contribution in [2.24, 2.45) is 0 Å². The molecule has 0 fully saturated rings. The quantitative estimate of drug-likeness (QED) is 0.537. The first-order valence-electron chi connectivity index (χ1n) is 9.33. The fourth-order valence-corrected chi connectivity index (χ4v) is 4.87. The lowest BCUT2D eigenvalue weighted by molar-refractivity contribution is 0.404. The molecule has 3 aromatic rings. The molecule has 0 saturated heterocycles.